The number of nitrogens with zero attached hydrogens (tertiary/aromatic N) is 1. The lowest BCUT2D eigenvalue weighted by Gasteiger charge is -2.17. The minimum absolute atomic E-state index is 0.324. The van der Waals surface area contributed by atoms with Crippen molar-refractivity contribution in [3.8, 4) is 0 Å². The lowest BCUT2D eigenvalue weighted by Crippen LogP contribution is -2.33. The molecular weight excluding hydrogens is 286 g/mol. The molecule has 0 aliphatic carbocycles. The van der Waals surface area contributed by atoms with Crippen molar-refractivity contribution in [3.05, 3.63) is 71.6 Å². The first-order valence-corrected chi connectivity index (χ1v) is 7.26. The number of rotatable bonds is 4. The second-order valence-electron chi connectivity index (χ2n) is 4.29. The molecule has 0 saturated heterocycles. The van der Waals surface area contributed by atoms with E-state index in [1.54, 1.807) is 23.9 Å². The van der Waals surface area contributed by atoms with Gasteiger partial charge in [-0.05, 0) is 17.7 Å². The minimum atomic E-state index is -0.346. The molecule has 1 unspecified atom stereocenters. The number of hydrogen-bond donors (Lipinski definition) is 2. The molecule has 0 saturated carbocycles. The standard InChI is InChI=1S/C15H13N3O2S/c19-14(18-15-16-8-10-21-15)17-13(12-7-4-9-20-12)11-5-2-1-3-6-11/h1-10,13H,(H2,16,17,18,19). The van der Waals surface area contributed by atoms with Gasteiger partial charge in [0.1, 0.15) is 11.8 Å². The third kappa shape index (κ3) is 3.29. The number of furan rings is 1. The van der Waals surface area contributed by atoms with E-state index in [0.717, 1.165) is 5.56 Å². The minimum Gasteiger partial charge on any atom is -0.467 e. The zero-order chi connectivity index (χ0) is 14.5. The van der Waals surface area contributed by atoms with E-state index < -0.39 is 0 Å². The maximum absolute atomic E-state index is 12.1. The monoisotopic (exact) mass is 299 g/mol. The summed E-state index contributed by atoms with van der Waals surface area (Å²) in [6, 6.07) is 12.6. The molecule has 0 radical (unpaired) electrons. The highest BCUT2D eigenvalue weighted by atomic mass is 32.1. The van der Waals surface area contributed by atoms with Crippen LogP contribution in [0.5, 0.6) is 0 Å². The molecule has 0 spiro atoms. The Balaban J connectivity index is 1.78. The average molecular weight is 299 g/mol. The average Bonchev–Trinajstić information content (AvgIpc) is 3.19. The van der Waals surface area contributed by atoms with Crippen LogP contribution in [0.15, 0.2) is 64.7 Å². The van der Waals surface area contributed by atoms with Gasteiger partial charge in [0, 0.05) is 11.6 Å². The van der Waals surface area contributed by atoms with E-state index in [1.807, 2.05) is 36.4 Å². The van der Waals surface area contributed by atoms with E-state index in [9.17, 15) is 4.79 Å². The predicted molar refractivity (Wildman–Crippen MR) is 81.3 cm³/mol. The first-order chi connectivity index (χ1) is 10.3. The summed E-state index contributed by atoms with van der Waals surface area (Å²) in [7, 11) is 0. The smallest absolute Gasteiger partial charge is 0.321 e. The van der Waals surface area contributed by atoms with Crippen LogP contribution in [0.4, 0.5) is 9.93 Å². The Labute approximate surface area is 125 Å². The molecular formula is C15H13N3O2S. The third-order valence-corrected chi connectivity index (χ3v) is 3.58. The van der Waals surface area contributed by atoms with Crippen LogP contribution in [0.25, 0.3) is 0 Å². The highest BCUT2D eigenvalue weighted by Gasteiger charge is 2.19. The molecule has 0 fully saturated rings. The van der Waals surface area contributed by atoms with Crippen molar-refractivity contribution in [1.82, 2.24) is 10.3 Å². The van der Waals surface area contributed by atoms with E-state index in [4.69, 9.17) is 4.42 Å². The summed E-state index contributed by atoms with van der Waals surface area (Å²) in [6.45, 7) is 0. The van der Waals surface area contributed by atoms with Gasteiger partial charge in [-0.25, -0.2) is 9.78 Å². The molecule has 21 heavy (non-hydrogen) atoms. The van der Waals surface area contributed by atoms with Gasteiger partial charge in [-0.15, -0.1) is 11.3 Å². The van der Waals surface area contributed by atoms with Crippen molar-refractivity contribution in [2.24, 2.45) is 0 Å². The van der Waals surface area contributed by atoms with Gasteiger partial charge in [0.25, 0.3) is 0 Å². The summed E-state index contributed by atoms with van der Waals surface area (Å²) >= 11 is 1.37. The van der Waals surface area contributed by atoms with E-state index in [2.05, 4.69) is 15.6 Å². The Hall–Kier alpha value is -2.60. The number of benzene rings is 1. The van der Waals surface area contributed by atoms with Crippen molar-refractivity contribution in [2.75, 3.05) is 5.32 Å². The van der Waals surface area contributed by atoms with Crippen LogP contribution in [0.1, 0.15) is 17.4 Å². The van der Waals surface area contributed by atoms with Gasteiger partial charge in [0.05, 0.1) is 6.26 Å². The number of aromatic nitrogens is 1. The molecule has 1 atom stereocenters. The zero-order valence-electron chi connectivity index (χ0n) is 11.0. The normalized spacial score (nSPS) is 11.8. The molecule has 1 aromatic carbocycles. The second kappa shape index (κ2) is 6.23. The number of anilines is 1. The number of urea groups is 1. The maximum Gasteiger partial charge on any atom is 0.321 e. The fourth-order valence-corrected chi connectivity index (χ4v) is 2.49. The Kier molecular flexibility index (Phi) is 3.97. The summed E-state index contributed by atoms with van der Waals surface area (Å²) in [6.07, 6.45) is 3.23. The number of nitrogens with one attached hydrogen (secondary N) is 2. The van der Waals surface area contributed by atoms with Crippen molar-refractivity contribution >= 4 is 22.5 Å². The van der Waals surface area contributed by atoms with Crippen LogP contribution in [-0.4, -0.2) is 11.0 Å². The van der Waals surface area contributed by atoms with Gasteiger partial charge in [0.15, 0.2) is 5.13 Å². The number of carbonyl (C=O) groups is 1. The van der Waals surface area contributed by atoms with Crippen molar-refractivity contribution in [3.63, 3.8) is 0 Å². The van der Waals surface area contributed by atoms with Crippen LogP contribution >= 0.6 is 11.3 Å². The summed E-state index contributed by atoms with van der Waals surface area (Å²) in [4.78, 5) is 16.1. The quantitative estimate of drug-likeness (QED) is 0.772. The molecule has 2 aromatic heterocycles. The molecule has 5 nitrogen and oxygen atoms in total. The lowest BCUT2D eigenvalue weighted by molar-refractivity contribution is 0.248. The summed E-state index contributed by atoms with van der Waals surface area (Å²) in [5.41, 5.74) is 0.946. The van der Waals surface area contributed by atoms with Crippen molar-refractivity contribution < 1.29 is 9.21 Å². The molecule has 0 aliphatic rings. The molecule has 106 valence electrons. The van der Waals surface area contributed by atoms with Crippen LogP contribution in [0.3, 0.4) is 0 Å². The Morgan fingerprint density at radius 2 is 2.05 bits per heavy atom. The first-order valence-electron chi connectivity index (χ1n) is 6.38. The summed E-state index contributed by atoms with van der Waals surface area (Å²) in [5.74, 6) is 0.676. The second-order valence-corrected chi connectivity index (χ2v) is 5.19. The van der Waals surface area contributed by atoms with Crippen LogP contribution in [0.2, 0.25) is 0 Å². The zero-order valence-corrected chi connectivity index (χ0v) is 11.8. The summed E-state index contributed by atoms with van der Waals surface area (Å²) < 4.78 is 5.43. The Bertz CT molecular complexity index is 681. The van der Waals surface area contributed by atoms with Crippen molar-refractivity contribution in [1.29, 1.82) is 0 Å². The molecule has 3 aromatic rings. The predicted octanol–water partition coefficient (Wildman–Crippen LogP) is 3.65. The topological polar surface area (TPSA) is 67.2 Å². The van der Waals surface area contributed by atoms with Gasteiger partial charge in [-0.3, -0.25) is 5.32 Å². The highest BCUT2D eigenvalue weighted by Crippen LogP contribution is 2.22. The number of amides is 2. The SMILES string of the molecule is O=C(Nc1nccs1)NC(c1ccccc1)c1ccco1. The molecule has 6 heteroatoms. The molecule has 2 amide bonds. The molecule has 3 rings (SSSR count). The number of carbonyl (C=O) groups excluding carboxylic acids is 1. The van der Waals surface area contributed by atoms with Crippen LogP contribution < -0.4 is 10.6 Å². The largest absolute Gasteiger partial charge is 0.467 e. The van der Waals surface area contributed by atoms with Gasteiger partial charge in [0.2, 0.25) is 0 Å². The molecule has 2 N–H and O–H groups in total. The van der Waals surface area contributed by atoms with E-state index >= 15 is 0 Å². The Morgan fingerprint density at radius 1 is 1.19 bits per heavy atom. The Morgan fingerprint density at radius 3 is 2.71 bits per heavy atom. The first kappa shape index (κ1) is 13.4. The highest BCUT2D eigenvalue weighted by molar-refractivity contribution is 7.13. The van der Waals surface area contributed by atoms with Gasteiger partial charge < -0.3 is 9.73 Å². The van der Waals surface area contributed by atoms with E-state index in [-0.39, 0.29) is 12.1 Å². The lowest BCUT2D eigenvalue weighted by atomic mass is 10.1. The maximum atomic E-state index is 12.1. The van der Waals surface area contributed by atoms with Crippen molar-refractivity contribution in [2.45, 2.75) is 6.04 Å². The van der Waals surface area contributed by atoms with E-state index in [1.165, 1.54) is 11.3 Å². The molecule has 0 aliphatic heterocycles. The van der Waals surface area contributed by atoms with E-state index in [0.29, 0.717) is 10.9 Å². The van der Waals surface area contributed by atoms with Gasteiger partial charge >= 0.3 is 6.03 Å². The summed E-state index contributed by atoms with van der Waals surface area (Å²) in [5, 5.41) is 7.95. The third-order valence-electron chi connectivity index (χ3n) is 2.89. The fourth-order valence-electron chi connectivity index (χ4n) is 1.97. The fraction of sp³-hybridized carbons (Fsp3) is 0.0667. The molecule has 0 bridgehead atoms. The van der Waals surface area contributed by atoms with Gasteiger partial charge in [-0.2, -0.15) is 0 Å². The van der Waals surface area contributed by atoms with Crippen LogP contribution in [-0.2, 0) is 0 Å². The van der Waals surface area contributed by atoms with Gasteiger partial charge in [-0.1, -0.05) is 30.3 Å². The van der Waals surface area contributed by atoms with Crippen LogP contribution in [0, 0.1) is 0 Å². The number of thiazole rings is 1. The molecule has 2 heterocycles. The number of hydrogen-bond acceptors (Lipinski definition) is 4.